The second-order valence-corrected chi connectivity index (χ2v) is 8.39. The van der Waals surface area contributed by atoms with Crippen molar-refractivity contribution in [2.45, 2.75) is 32.2 Å². The molecule has 33 heavy (non-hydrogen) atoms. The Balaban J connectivity index is 1.34. The molecule has 1 aromatic carbocycles. The van der Waals surface area contributed by atoms with Crippen molar-refractivity contribution in [2.24, 2.45) is 0 Å². The van der Waals surface area contributed by atoms with E-state index in [0.29, 0.717) is 30.9 Å². The minimum absolute atomic E-state index is 0.0192. The number of hydrogen-bond donors (Lipinski definition) is 2. The van der Waals surface area contributed by atoms with E-state index in [4.69, 9.17) is 0 Å². The molecule has 6 nitrogen and oxygen atoms in total. The number of hydrogen-bond acceptors (Lipinski definition) is 5. The zero-order valence-electron chi connectivity index (χ0n) is 18.3. The van der Waals surface area contributed by atoms with E-state index in [2.05, 4.69) is 25.6 Å². The van der Waals surface area contributed by atoms with Crippen LogP contribution in [0.4, 0.5) is 10.2 Å². The van der Waals surface area contributed by atoms with Crippen molar-refractivity contribution in [1.29, 1.82) is 0 Å². The van der Waals surface area contributed by atoms with Gasteiger partial charge in [-0.15, -0.1) is 0 Å². The van der Waals surface area contributed by atoms with E-state index < -0.39 is 0 Å². The van der Waals surface area contributed by atoms with Gasteiger partial charge in [0.05, 0.1) is 5.69 Å². The van der Waals surface area contributed by atoms with Gasteiger partial charge in [-0.25, -0.2) is 9.37 Å². The maximum Gasteiger partial charge on any atom is 0.220 e. The van der Waals surface area contributed by atoms with E-state index in [1.165, 1.54) is 0 Å². The van der Waals surface area contributed by atoms with Crippen LogP contribution in [-0.2, 0) is 11.3 Å². The molecule has 7 heteroatoms. The average Bonchev–Trinajstić information content (AvgIpc) is 2.82. The zero-order valence-corrected chi connectivity index (χ0v) is 18.3. The molecule has 166 valence electrons. The molecule has 0 radical (unpaired) electrons. The van der Waals surface area contributed by atoms with Crippen molar-refractivity contribution in [3.63, 3.8) is 0 Å². The molecule has 4 heterocycles. The largest absolute Gasteiger partial charge is 0.365 e. The number of nitrogens with one attached hydrogen (secondary N) is 2. The summed E-state index contributed by atoms with van der Waals surface area (Å²) >= 11 is 0. The second-order valence-electron chi connectivity index (χ2n) is 8.39. The van der Waals surface area contributed by atoms with Gasteiger partial charge in [0.25, 0.3) is 0 Å². The average molecular weight is 442 g/mol. The number of benzene rings is 1. The molecule has 3 aromatic heterocycles. The number of aromatic nitrogens is 3. The number of piperidine rings is 1. The normalized spacial score (nSPS) is 15.9. The highest BCUT2D eigenvalue weighted by molar-refractivity contribution is 5.93. The maximum atomic E-state index is 14.8. The lowest BCUT2D eigenvalue weighted by Crippen LogP contribution is -2.32. The number of aryl methyl sites for hydroxylation is 1. The predicted octanol–water partition coefficient (Wildman–Crippen LogP) is 4.75. The minimum atomic E-state index is -0.265. The Kier molecular flexibility index (Phi) is 5.69. The quantitative estimate of drug-likeness (QED) is 0.467. The van der Waals surface area contributed by atoms with Gasteiger partial charge in [0, 0.05) is 54.7 Å². The van der Waals surface area contributed by atoms with Crippen LogP contribution >= 0.6 is 0 Å². The molecule has 0 aliphatic carbocycles. The van der Waals surface area contributed by atoms with E-state index >= 15 is 0 Å². The number of pyridine rings is 3. The smallest absolute Gasteiger partial charge is 0.220 e. The van der Waals surface area contributed by atoms with Crippen LogP contribution in [-0.4, -0.2) is 27.4 Å². The Bertz CT molecular complexity index is 1340. The number of fused-ring (bicyclic) bond motifs is 1. The van der Waals surface area contributed by atoms with E-state index in [-0.39, 0.29) is 17.6 Å². The molecule has 2 N–H and O–H groups in total. The third-order valence-electron chi connectivity index (χ3n) is 6.05. The highest BCUT2D eigenvalue weighted by Gasteiger charge is 2.23. The van der Waals surface area contributed by atoms with Crippen molar-refractivity contribution < 1.29 is 9.18 Å². The standard InChI is InChI=1S/C26H24FN5O/c1-16-10-20(6-7-28-16)24-12-18-5-9-30-26(22(18)15-31-24)32-14-17-2-3-21(23(27)11-17)19-4-8-29-25(33)13-19/h2-3,5-7,9-12,15,19H,4,8,13-14H2,1H3,(H,29,33)(H,30,32). The van der Waals surface area contributed by atoms with Gasteiger partial charge in [0.1, 0.15) is 11.6 Å². The van der Waals surface area contributed by atoms with Crippen molar-refractivity contribution in [2.75, 3.05) is 11.9 Å². The van der Waals surface area contributed by atoms with E-state index in [0.717, 1.165) is 39.7 Å². The summed E-state index contributed by atoms with van der Waals surface area (Å²) in [5.41, 5.74) is 4.25. The van der Waals surface area contributed by atoms with Gasteiger partial charge < -0.3 is 10.6 Å². The lowest BCUT2D eigenvalue weighted by molar-refractivity contribution is -0.122. The molecular formula is C26H24FN5O. The summed E-state index contributed by atoms with van der Waals surface area (Å²) in [6, 6.07) is 13.2. The molecule has 1 amide bonds. The molecule has 1 saturated heterocycles. The van der Waals surface area contributed by atoms with Crippen LogP contribution in [0.25, 0.3) is 22.0 Å². The zero-order chi connectivity index (χ0) is 22.8. The van der Waals surface area contributed by atoms with Gasteiger partial charge in [0.15, 0.2) is 0 Å². The fraction of sp³-hybridized carbons (Fsp3) is 0.231. The predicted molar refractivity (Wildman–Crippen MR) is 126 cm³/mol. The Morgan fingerprint density at radius 3 is 2.79 bits per heavy atom. The molecule has 5 rings (SSSR count). The lowest BCUT2D eigenvalue weighted by atomic mass is 9.89. The highest BCUT2D eigenvalue weighted by atomic mass is 19.1. The SMILES string of the molecule is Cc1cc(-c2cc3ccnc(NCc4ccc(C5CCNC(=O)C5)c(F)c4)c3cn2)ccn1. The van der Waals surface area contributed by atoms with Crippen LogP contribution in [0.1, 0.15) is 35.6 Å². The fourth-order valence-electron chi connectivity index (χ4n) is 4.32. The first-order valence-corrected chi connectivity index (χ1v) is 11.0. The maximum absolute atomic E-state index is 14.8. The van der Waals surface area contributed by atoms with Gasteiger partial charge in [-0.05, 0) is 66.1 Å². The third kappa shape index (κ3) is 4.53. The number of nitrogens with zero attached hydrogens (tertiary/aromatic N) is 3. The van der Waals surface area contributed by atoms with Crippen molar-refractivity contribution >= 4 is 22.5 Å². The summed E-state index contributed by atoms with van der Waals surface area (Å²) in [4.78, 5) is 25.0. The lowest BCUT2D eigenvalue weighted by Gasteiger charge is -2.23. The van der Waals surface area contributed by atoms with Gasteiger partial charge in [-0.3, -0.25) is 14.8 Å². The summed E-state index contributed by atoms with van der Waals surface area (Å²) in [6.45, 7) is 2.98. The van der Waals surface area contributed by atoms with Crippen LogP contribution in [0.5, 0.6) is 0 Å². The van der Waals surface area contributed by atoms with E-state index in [1.807, 2.05) is 43.5 Å². The van der Waals surface area contributed by atoms with E-state index in [1.54, 1.807) is 24.5 Å². The number of anilines is 1. The Hall–Kier alpha value is -3.87. The Morgan fingerprint density at radius 1 is 1.09 bits per heavy atom. The van der Waals surface area contributed by atoms with Crippen molar-refractivity contribution in [3.8, 4) is 11.3 Å². The second kappa shape index (κ2) is 8.94. The summed E-state index contributed by atoms with van der Waals surface area (Å²) in [5.74, 6) is 0.351. The van der Waals surface area contributed by atoms with Crippen LogP contribution in [0.3, 0.4) is 0 Å². The van der Waals surface area contributed by atoms with Crippen LogP contribution in [0.2, 0.25) is 0 Å². The Morgan fingerprint density at radius 2 is 1.97 bits per heavy atom. The minimum Gasteiger partial charge on any atom is -0.365 e. The summed E-state index contributed by atoms with van der Waals surface area (Å²) in [5, 5.41) is 8.03. The topological polar surface area (TPSA) is 79.8 Å². The third-order valence-corrected chi connectivity index (χ3v) is 6.05. The monoisotopic (exact) mass is 441 g/mol. The van der Waals surface area contributed by atoms with Crippen LogP contribution < -0.4 is 10.6 Å². The fourth-order valence-corrected chi connectivity index (χ4v) is 4.32. The molecule has 0 spiro atoms. The van der Waals surface area contributed by atoms with E-state index in [9.17, 15) is 9.18 Å². The number of halogens is 1. The summed E-state index contributed by atoms with van der Waals surface area (Å²) < 4.78 is 14.8. The van der Waals surface area contributed by atoms with Crippen LogP contribution in [0.15, 0.2) is 61.1 Å². The first-order valence-electron chi connectivity index (χ1n) is 11.0. The van der Waals surface area contributed by atoms with Crippen LogP contribution in [0, 0.1) is 12.7 Å². The number of carbonyl (C=O) groups is 1. The first-order chi connectivity index (χ1) is 16.1. The number of amides is 1. The van der Waals surface area contributed by atoms with Crippen molar-refractivity contribution in [3.05, 3.63) is 83.7 Å². The van der Waals surface area contributed by atoms with Gasteiger partial charge in [-0.1, -0.05) is 12.1 Å². The molecule has 1 unspecified atom stereocenters. The van der Waals surface area contributed by atoms with Gasteiger partial charge in [0.2, 0.25) is 5.91 Å². The molecule has 4 aromatic rings. The molecule has 1 fully saturated rings. The molecule has 0 bridgehead atoms. The summed E-state index contributed by atoms with van der Waals surface area (Å²) in [6.07, 6.45) is 6.44. The van der Waals surface area contributed by atoms with Gasteiger partial charge in [-0.2, -0.15) is 0 Å². The molecular weight excluding hydrogens is 417 g/mol. The Labute approximate surface area is 191 Å². The molecule has 1 aliphatic rings. The summed E-state index contributed by atoms with van der Waals surface area (Å²) in [7, 11) is 0. The number of rotatable bonds is 5. The molecule has 1 aliphatic heterocycles. The molecule has 0 saturated carbocycles. The van der Waals surface area contributed by atoms with Crippen molar-refractivity contribution in [1.82, 2.24) is 20.3 Å². The molecule has 1 atom stereocenters. The number of carbonyl (C=O) groups excluding carboxylic acids is 1. The highest BCUT2D eigenvalue weighted by Crippen LogP contribution is 2.29. The van der Waals surface area contributed by atoms with Gasteiger partial charge >= 0.3 is 0 Å². The first kappa shape index (κ1) is 21.0.